The number of non-ortho nitro benzene ring substituents is 2. The Morgan fingerprint density at radius 3 is 1.82 bits per heavy atom. The molecular formula is C44H24N6O5. The molecular weight excluding hydrogens is 693 g/mol. The van der Waals surface area contributed by atoms with Gasteiger partial charge in [0.25, 0.3) is 16.9 Å². The lowest BCUT2D eigenvalue weighted by Crippen LogP contribution is -2.13. The van der Waals surface area contributed by atoms with E-state index in [0.29, 0.717) is 69.3 Å². The van der Waals surface area contributed by atoms with Gasteiger partial charge >= 0.3 is 0 Å². The molecule has 7 aromatic carbocycles. The van der Waals surface area contributed by atoms with Gasteiger partial charge in [-0.25, -0.2) is 9.97 Å². The molecule has 11 nitrogen and oxygen atoms in total. The maximum absolute atomic E-state index is 14.5. The minimum Gasteiger partial charge on any atom is -0.319 e. The van der Waals surface area contributed by atoms with E-state index in [-0.39, 0.29) is 22.5 Å². The monoisotopic (exact) mass is 716 g/mol. The van der Waals surface area contributed by atoms with Crippen LogP contribution in [0.15, 0.2) is 77.6 Å². The third-order valence-electron chi connectivity index (χ3n) is 11.0. The zero-order valence-electron chi connectivity index (χ0n) is 29.3. The average molecular weight is 717 g/mol. The molecule has 4 heterocycles. The zero-order valence-corrected chi connectivity index (χ0v) is 29.3. The molecule has 11 rings (SSSR count). The summed E-state index contributed by atoms with van der Waals surface area (Å²) >= 11 is 0. The maximum Gasteiger partial charge on any atom is 0.298 e. The lowest BCUT2D eigenvalue weighted by Gasteiger charge is -2.23. The van der Waals surface area contributed by atoms with Crippen LogP contribution in [0.3, 0.4) is 0 Å². The topological polar surface area (TPSA) is 138 Å². The molecule has 0 atom stereocenters. The number of pyridine rings is 1. The number of hydrogen-bond acceptors (Lipinski definition) is 7. The van der Waals surface area contributed by atoms with Gasteiger partial charge in [-0.2, -0.15) is 0 Å². The van der Waals surface area contributed by atoms with Gasteiger partial charge in [0.2, 0.25) is 0 Å². The summed E-state index contributed by atoms with van der Waals surface area (Å²) in [5, 5.41) is 33.4. The quantitative estimate of drug-likeness (QED) is 0.0571. The van der Waals surface area contributed by atoms with Crippen molar-refractivity contribution in [2.75, 3.05) is 0 Å². The van der Waals surface area contributed by atoms with Crippen molar-refractivity contribution in [2.24, 2.45) is 0 Å². The molecule has 10 aromatic rings. The van der Waals surface area contributed by atoms with Crippen LogP contribution in [0.2, 0.25) is 0 Å². The molecule has 0 saturated heterocycles. The van der Waals surface area contributed by atoms with E-state index in [1.165, 1.54) is 16.5 Å². The normalized spacial score (nSPS) is 12.3. The number of nitrogens with zero attached hydrogens (tertiary/aromatic N) is 6. The van der Waals surface area contributed by atoms with Crippen molar-refractivity contribution in [1.29, 1.82) is 0 Å². The van der Waals surface area contributed by atoms with Gasteiger partial charge in [0, 0.05) is 57.8 Å². The summed E-state index contributed by atoms with van der Waals surface area (Å²) < 4.78 is 3.53. The van der Waals surface area contributed by atoms with Gasteiger partial charge in [0.1, 0.15) is 11.5 Å². The Morgan fingerprint density at radius 2 is 1.18 bits per heavy atom. The van der Waals surface area contributed by atoms with Crippen molar-refractivity contribution in [3.8, 4) is 35.1 Å². The Kier molecular flexibility index (Phi) is 6.03. The molecule has 55 heavy (non-hydrogen) atoms. The summed E-state index contributed by atoms with van der Waals surface area (Å²) in [6.07, 6.45) is 1.21. The van der Waals surface area contributed by atoms with Crippen LogP contribution < -0.4 is 5.56 Å². The molecule has 0 bridgehead atoms. The average Bonchev–Trinajstić information content (AvgIpc) is 3.76. The molecule has 0 N–H and O–H groups in total. The van der Waals surface area contributed by atoms with E-state index < -0.39 is 9.85 Å². The van der Waals surface area contributed by atoms with Crippen LogP contribution in [0.1, 0.15) is 43.4 Å². The molecule has 0 radical (unpaired) electrons. The van der Waals surface area contributed by atoms with Gasteiger partial charge in [-0.15, -0.1) is 0 Å². The first-order valence-electron chi connectivity index (χ1n) is 17.9. The van der Waals surface area contributed by atoms with Crippen LogP contribution in [0, 0.1) is 43.9 Å². The number of nitro groups is 2. The van der Waals surface area contributed by atoms with Gasteiger partial charge in [-0.1, -0.05) is 67.9 Å². The highest BCUT2D eigenvalue weighted by atomic mass is 16.6. The molecule has 0 fully saturated rings. The van der Waals surface area contributed by atoms with Gasteiger partial charge in [-0.05, 0) is 73.6 Å². The first-order valence-corrected chi connectivity index (χ1v) is 17.9. The van der Waals surface area contributed by atoms with Crippen molar-refractivity contribution in [3.05, 3.63) is 120 Å². The van der Waals surface area contributed by atoms with Crippen LogP contribution in [0.25, 0.3) is 93.0 Å². The second-order valence-corrected chi connectivity index (χ2v) is 13.9. The largest absolute Gasteiger partial charge is 0.319 e. The molecule has 0 spiro atoms. The third-order valence-corrected chi connectivity index (χ3v) is 11.0. The lowest BCUT2D eigenvalue weighted by molar-refractivity contribution is -0.383. The number of imidazole rings is 2. The van der Waals surface area contributed by atoms with Gasteiger partial charge in [0.15, 0.2) is 11.0 Å². The second-order valence-electron chi connectivity index (χ2n) is 13.9. The number of nitro benzene ring substituents is 2. The molecule has 3 aromatic heterocycles. The van der Waals surface area contributed by atoms with E-state index in [1.54, 1.807) is 6.07 Å². The summed E-state index contributed by atoms with van der Waals surface area (Å²) in [6, 6.07) is 22.7. The van der Waals surface area contributed by atoms with Crippen LogP contribution in [0.5, 0.6) is 0 Å². The molecule has 260 valence electrons. The first-order chi connectivity index (χ1) is 26.8. The van der Waals surface area contributed by atoms with E-state index >= 15 is 0 Å². The zero-order chi connectivity index (χ0) is 37.4. The minimum absolute atomic E-state index is 0.0736. The Labute approximate surface area is 309 Å². The molecule has 0 aliphatic carbocycles. The van der Waals surface area contributed by atoms with Crippen molar-refractivity contribution >= 4 is 93.0 Å². The summed E-state index contributed by atoms with van der Waals surface area (Å²) in [5.41, 5.74) is 4.23. The van der Waals surface area contributed by atoms with Crippen LogP contribution in [-0.4, -0.2) is 28.8 Å². The maximum atomic E-state index is 14.5. The number of fused-ring (bicyclic) bond motifs is 10. The highest BCUT2D eigenvalue weighted by Crippen LogP contribution is 2.48. The molecule has 0 amide bonds. The fraction of sp³-hybridized carbons (Fsp3) is 0.114. The minimum atomic E-state index is -0.476. The van der Waals surface area contributed by atoms with Crippen molar-refractivity contribution in [2.45, 2.75) is 33.2 Å². The SMILES string of the molecule is CCC#Cc1cc([N+](=O)[O-])c2nc3n(c2c1)Cc1ccc2c4ccc5c6c(ccc(c7ccc-3c1c72)c46)c(=O)n1c2cc(C#CCC)cc([N+](=O)[O-])c2nc51. The number of hydrogen-bond donors (Lipinski definition) is 0. The van der Waals surface area contributed by atoms with Crippen LogP contribution >= 0.6 is 0 Å². The number of rotatable bonds is 2. The molecule has 11 heteroatoms. The van der Waals surface area contributed by atoms with Gasteiger partial charge in [0.05, 0.1) is 27.4 Å². The molecule has 1 aliphatic rings. The highest BCUT2D eigenvalue weighted by molar-refractivity contribution is 6.38. The molecule has 0 unspecified atom stereocenters. The first kappa shape index (κ1) is 30.9. The number of aromatic nitrogens is 4. The fourth-order valence-corrected chi connectivity index (χ4v) is 8.85. The van der Waals surface area contributed by atoms with Crippen LogP contribution in [-0.2, 0) is 6.54 Å². The predicted octanol–water partition coefficient (Wildman–Crippen LogP) is 9.21. The van der Waals surface area contributed by atoms with Crippen molar-refractivity contribution in [1.82, 2.24) is 18.9 Å². The van der Waals surface area contributed by atoms with E-state index in [1.807, 2.05) is 54.8 Å². The third kappa shape index (κ3) is 3.93. The fourth-order valence-electron chi connectivity index (χ4n) is 8.85. The van der Waals surface area contributed by atoms with Crippen molar-refractivity contribution in [3.63, 3.8) is 0 Å². The highest BCUT2D eigenvalue weighted by Gasteiger charge is 2.30. The summed E-state index contributed by atoms with van der Waals surface area (Å²) in [7, 11) is 0. The van der Waals surface area contributed by atoms with Gasteiger partial charge < -0.3 is 4.57 Å². The van der Waals surface area contributed by atoms with Crippen LogP contribution in [0.4, 0.5) is 11.4 Å². The van der Waals surface area contributed by atoms with E-state index in [4.69, 9.17) is 9.97 Å². The summed E-state index contributed by atoms with van der Waals surface area (Å²) in [6.45, 7) is 4.31. The smallest absolute Gasteiger partial charge is 0.298 e. The van der Waals surface area contributed by atoms with Crippen molar-refractivity contribution < 1.29 is 9.85 Å². The van der Waals surface area contributed by atoms with E-state index in [9.17, 15) is 25.0 Å². The van der Waals surface area contributed by atoms with E-state index in [0.717, 1.165) is 54.2 Å². The molecule has 0 saturated carbocycles. The molecule has 1 aliphatic heterocycles. The number of benzene rings is 7. The van der Waals surface area contributed by atoms with E-state index in [2.05, 4.69) is 41.9 Å². The Bertz CT molecular complexity index is 3630. The predicted molar refractivity (Wildman–Crippen MR) is 214 cm³/mol. The Morgan fingerprint density at radius 1 is 0.655 bits per heavy atom. The summed E-state index contributed by atoms with van der Waals surface area (Å²) in [4.78, 5) is 47.8. The Hall–Kier alpha value is -7.63. The lowest BCUT2D eigenvalue weighted by atomic mass is 9.84. The second kappa shape index (κ2) is 10.7. The summed E-state index contributed by atoms with van der Waals surface area (Å²) in [5.74, 6) is 12.7. The standard InChI is InChI=1S/C44H24N6O5/c1-3-5-7-22-17-32-40(34(19-22)49(52)53)45-42-29-14-11-26-28-13-16-31-39-30(15-12-27(38(28)39)25-10-9-24(21-47(32)42)36(29)37(25)26)43-46-41-33(48(43)44(31)51)18-23(8-6-4-2)20-35(41)50(54)55/h9-20H,3-4,21H2,1-2H3. The van der Waals surface area contributed by atoms with Gasteiger partial charge in [-0.3, -0.25) is 29.4 Å². The Balaban J connectivity index is 1.22.